The molecule has 1 aromatic carbocycles. The van der Waals surface area contributed by atoms with Crippen molar-refractivity contribution in [2.24, 2.45) is 0 Å². The van der Waals surface area contributed by atoms with Crippen LogP contribution >= 0.6 is 15.9 Å². The van der Waals surface area contributed by atoms with E-state index in [-0.39, 0.29) is 10.9 Å². The van der Waals surface area contributed by atoms with Gasteiger partial charge in [0.25, 0.3) is 0 Å². The number of halogens is 1. The standard InChI is InChI=1S/C14H16BrNO/c15-14-12(6-3-7-13(14)17)16-8-10-4-1-2-5-11(10)9-16/h1-2,4-5,8-9,12-14,17H,3,6-7H2. The van der Waals surface area contributed by atoms with E-state index in [1.807, 2.05) is 0 Å². The molecule has 1 aromatic heterocycles. The Morgan fingerprint density at radius 1 is 1.12 bits per heavy atom. The third-order valence-electron chi connectivity index (χ3n) is 3.69. The van der Waals surface area contributed by atoms with E-state index in [2.05, 4.69) is 57.2 Å². The SMILES string of the molecule is OC1CCCC(n2cc3ccccc3c2)C1Br. The predicted octanol–water partition coefficient (Wildman–Crippen LogP) is 3.49. The smallest absolute Gasteiger partial charge is 0.0685 e. The largest absolute Gasteiger partial charge is 0.392 e. The lowest BCUT2D eigenvalue weighted by Crippen LogP contribution is -2.34. The van der Waals surface area contributed by atoms with E-state index in [1.165, 1.54) is 10.8 Å². The first-order valence-electron chi connectivity index (χ1n) is 6.14. The van der Waals surface area contributed by atoms with Gasteiger partial charge in [-0.05, 0) is 30.0 Å². The quantitative estimate of drug-likeness (QED) is 0.800. The van der Waals surface area contributed by atoms with Gasteiger partial charge in [0.05, 0.1) is 10.9 Å². The van der Waals surface area contributed by atoms with Crippen LogP contribution in [0.2, 0.25) is 0 Å². The van der Waals surface area contributed by atoms with Crippen molar-refractivity contribution >= 4 is 26.7 Å². The molecule has 90 valence electrons. The average Bonchev–Trinajstić information content (AvgIpc) is 2.76. The summed E-state index contributed by atoms with van der Waals surface area (Å²) in [5.41, 5.74) is 0. The van der Waals surface area contributed by atoms with Gasteiger partial charge in [0.1, 0.15) is 0 Å². The second-order valence-electron chi connectivity index (χ2n) is 4.84. The van der Waals surface area contributed by atoms with Gasteiger partial charge in [0, 0.05) is 18.4 Å². The van der Waals surface area contributed by atoms with Gasteiger partial charge in [-0.3, -0.25) is 0 Å². The lowest BCUT2D eigenvalue weighted by Gasteiger charge is -2.32. The highest BCUT2D eigenvalue weighted by Crippen LogP contribution is 2.35. The molecule has 0 amide bonds. The average molecular weight is 294 g/mol. The Bertz CT molecular complexity index is 489. The lowest BCUT2D eigenvalue weighted by molar-refractivity contribution is 0.114. The molecule has 1 N–H and O–H groups in total. The monoisotopic (exact) mass is 293 g/mol. The third-order valence-corrected chi connectivity index (χ3v) is 4.91. The van der Waals surface area contributed by atoms with Gasteiger partial charge in [-0.25, -0.2) is 0 Å². The molecule has 3 heteroatoms. The number of aliphatic hydroxyl groups is 1. The molecule has 0 aliphatic heterocycles. The summed E-state index contributed by atoms with van der Waals surface area (Å²) in [5, 5.41) is 12.5. The topological polar surface area (TPSA) is 25.2 Å². The van der Waals surface area contributed by atoms with Gasteiger partial charge in [0.15, 0.2) is 0 Å². The Kier molecular flexibility index (Phi) is 2.97. The molecule has 0 saturated heterocycles. The van der Waals surface area contributed by atoms with Crippen LogP contribution in [0.5, 0.6) is 0 Å². The van der Waals surface area contributed by atoms with Gasteiger partial charge in [-0.1, -0.05) is 40.2 Å². The summed E-state index contributed by atoms with van der Waals surface area (Å²) in [4.78, 5) is 0.165. The molecule has 0 bridgehead atoms. The fraction of sp³-hybridized carbons (Fsp3) is 0.429. The highest BCUT2D eigenvalue weighted by atomic mass is 79.9. The van der Waals surface area contributed by atoms with Crippen LogP contribution in [0.1, 0.15) is 25.3 Å². The molecule has 17 heavy (non-hydrogen) atoms. The molecular weight excluding hydrogens is 278 g/mol. The summed E-state index contributed by atoms with van der Waals surface area (Å²) < 4.78 is 2.26. The highest BCUT2D eigenvalue weighted by Gasteiger charge is 2.30. The first kappa shape index (κ1) is 11.3. The summed E-state index contributed by atoms with van der Waals surface area (Å²) >= 11 is 3.64. The fourth-order valence-corrected chi connectivity index (χ4v) is 3.52. The first-order chi connectivity index (χ1) is 8.25. The van der Waals surface area contributed by atoms with E-state index in [1.54, 1.807) is 0 Å². The summed E-state index contributed by atoms with van der Waals surface area (Å²) in [7, 11) is 0. The van der Waals surface area contributed by atoms with Crippen molar-refractivity contribution in [2.45, 2.75) is 36.2 Å². The van der Waals surface area contributed by atoms with Crippen molar-refractivity contribution in [3.63, 3.8) is 0 Å². The predicted molar refractivity (Wildman–Crippen MR) is 73.5 cm³/mol. The second-order valence-corrected chi connectivity index (χ2v) is 5.90. The van der Waals surface area contributed by atoms with Crippen LogP contribution < -0.4 is 0 Å². The van der Waals surface area contributed by atoms with Gasteiger partial charge >= 0.3 is 0 Å². The molecule has 1 heterocycles. The number of hydrogen-bond donors (Lipinski definition) is 1. The zero-order valence-corrected chi connectivity index (χ0v) is 11.2. The van der Waals surface area contributed by atoms with Crippen molar-refractivity contribution in [2.75, 3.05) is 0 Å². The molecule has 1 saturated carbocycles. The fourth-order valence-electron chi connectivity index (χ4n) is 2.72. The number of aromatic nitrogens is 1. The van der Waals surface area contributed by atoms with Crippen LogP contribution in [0.3, 0.4) is 0 Å². The Morgan fingerprint density at radius 2 is 1.76 bits per heavy atom. The lowest BCUT2D eigenvalue weighted by atomic mass is 9.93. The summed E-state index contributed by atoms with van der Waals surface area (Å²) in [6.07, 6.45) is 7.29. The van der Waals surface area contributed by atoms with Gasteiger partial charge in [-0.2, -0.15) is 0 Å². The number of hydrogen-bond acceptors (Lipinski definition) is 1. The van der Waals surface area contributed by atoms with E-state index < -0.39 is 0 Å². The molecule has 1 aliphatic carbocycles. The van der Waals surface area contributed by atoms with Crippen molar-refractivity contribution in [3.05, 3.63) is 36.7 Å². The van der Waals surface area contributed by atoms with Crippen LogP contribution in [-0.2, 0) is 0 Å². The number of nitrogens with zero attached hydrogens (tertiary/aromatic N) is 1. The number of rotatable bonds is 1. The molecular formula is C14H16BrNO. The zero-order chi connectivity index (χ0) is 11.8. The summed E-state index contributed by atoms with van der Waals surface area (Å²) in [6.45, 7) is 0. The van der Waals surface area contributed by atoms with Crippen molar-refractivity contribution in [1.29, 1.82) is 0 Å². The Balaban J connectivity index is 1.97. The molecule has 3 atom stereocenters. The van der Waals surface area contributed by atoms with Crippen molar-refractivity contribution < 1.29 is 5.11 Å². The molecule has 2 aromatic rings. The molecule has 0 spiro atoms. The Labute approximate surface area is 109 Å². The van der Waals surface area contributed by atoms with Crippen molar-refractivity contribution in [3.8, 4) is 0 Å². The van der Waals surface area contributed by atoms with Gasteiger partial charge in [-0.15, -0.1) is 0 Å². The maximum absolute atomic E-state index is 9.92. The zero-order valence-electron chi connectivity index (χ0n) is 9.59. The normalized spacial score (nSPS) is 29.6. The van der Waals surface area contributed by atoms with E-state index >= 15 is 0 Å². The highest BCUT2D eigenvalue weighted by molar-refractivity contribution is 9.09. The van der Waals surface area contributed by atoms with Crippen LogP contribution in [-0.4, -0.2) is 20.6 Å². The summed E-state index contributed by atoms with van der Waals surface area (Å²) in [5.74, 6) is 0. The van der Waals surface area contributed by atoms with Crippen LogP contribution in [0.4, 0.5) is 0 Å². The minimum Gasteiger partial charge on any atom is -0.392 e. The molecule has 0 radical (unpaired) electrons. The maximum atomic E-state index is 9.92. The Hall–Kier alpha value is -0.800. The minimum atomic E-state index is -0.223. The molecule has 2 nitrogen and oxygen atoms in total. The third kappa shape index (κ3) is 2.02. The summed E-state index contributed by atoms with van der Waals surface area (Å²) in [6, 6.07) is 8.76. The number of alkyl halides is 1. The van der Waals surface area contributed by atoms with E-state index in [0.29, 0.717) is 6.04 Å². The number of benzene rings is 1. The molecule has 3 rings (SSSR count). The van der Waals surface area contributed by atoms with Crippen LogP contribution in [0, 0.1) is 0 Å². The van der Waals surface area contributed by atoms with E-state index in [0.717, 1.165) is 19.3 Å². The second kappa shape index (κ2) is 4.46. The first-order valence-corrected chi connectivity index (χ1v) is 7.05. The van der Waals surface area contributed by atoms with Crippen molar-refractivity contribution in [1.82, 2.24) is 4.57 Å². The number of fused-ring (bicyclic) bond motifs is 1. The maximum Gasteiger partial charge on any atom is 0.0685 e. The molecule has 1 fully saturated rings. The van der Waals surface area contributed by atoms with Crippen LogP contribution in [0.25, 0.3) is 10.8 Å². The number of aliphatic hydroxyl groups excluding tert-OH is 1. The van der Waals surface area contributed by atoms with Gasteiger partial charge < -0.3 is 9.67 Å². The van der Waals surface area contributed by atoms with Crippen LogP contribution in [0.15, 0.2) is 36.7 Å². The Morgan fingerprint density at radius 3 is 2.41 bits per heavy atom. The minimum absolute atomic E-state index is 0.165. The van der Waals surface area contributed by atoms with E-state index in [9.17, 15) is 5.11 Å². The van der Waals surface area contributed by atoms with E-state index in [4.69, 9.17) is 0 Å². The molecule has 1 aliphatic rings. The molecule has 3 unspecified atom stereocenters. The van der Waals surface area contributed by atoms with Gasteiger partial charge in [0.2, 0.25) is 0 Å².